The summed E-state index contributed by atoms with van der Waals surface area (Å²) in [4.78, 5) is 44.8. The molecule has 6 rings (SSSR count). The largest absolute Gasteiger partial charge is 0.497 e. The summed E-state index contributed by atoms with van der Waals surface area (Å²) in [6.45, 7) is 0. The van der Waals surface area contributed by atoms with Gasteiger partial charge in [-0.15, -0.1) is 0 Å². The van der Waals surface area contributed by atoms with Crippen molar-refractivity contribution < 1.29 is 19.1 Å². The van der Waals surface area contributed by atoms with Gasteiger partial charge in [-0.25, -0.2) is 4.90 Å². The van der Waals surface area contributed by atoms with Gasteiger partial charge in [-0.1, -0.05) is 47.5 Å². The predicted molar refractivity (Wildman–Crippen MR) is 137 cm³/mol. The quantitative estimate of drug-likeness (QED) is 0.341. The van der Waals surface area contributed by atoms with E-state index in [1.54, 1.807) is 43.5 Å². The second-order valence-electron chi connectivity index (χ2n) is 9.03. The zero-order chi connectivity index (χ0) is 25.1. The zero-order valence-electron chi connectivity index (χ0n) is 19.1. The van der Waals surface area contributed by atoms with Gasteiger partial charge in [0, 0.05) is 16.8 Å². The van der Waals surface area contributed by atoms with Gasteiger partial charge in [-0.05, 0) is 59.7 Å². The van der Waals surface area contributed by atoms with Crippen molar-refractivity contribution in [2.24, 2.45) is 11.8 Å². The number of imide groups is 1. The Hall–Kier alpha value is -3.61. The molecule has 3 aromatic carbocycles. The number of ketones is 1. The fourth-order valence-electron chi connectivity index (χ4n) is 5.69. The highest BCUT2D eigenvalue weighted by molar-refractivity contribution is 6.37. The molecule has 3 aromatic rings. The van der Waals surface area contributed by atoms with E-state index in [2.05, 4.69) is 0 Å². The number of hydrogen-bond acceptors (Lipinski definition) is 5. The third-order valence-electron chi connectivity index (χ3n) is 7.26. The third kappa shape index (κ3) is 3.29. The highest BCUT2D eigenvalue weighted by atomic mass is 35.5. The second-order valence-corrected chi connectivity index (χ2v) is 9.88. The topological polar surface area (TPSA) is 66.9 Å². The lowest BCUT2D eigenvalue weighted by Gasteiger charge is -2.35. The Morgan fingerprint density at radius 3 is 2.36 bits per heavy atom. The van der Waals surface area contributed by atoms with Crippen LogP contribution >= 0.6 is 23.2 Å². The van der Waals surface area contributed by atoms with Crippen LogP contribution in [0.25, 0.3) is 6.08 Å². The number of carbonyl (C=O) groups is 3. The molecular weight excluding hydrogens is 499 g/mol. The van der Waals surface area contributed by atoms with Gasteiger partial charge in [0.1, 0.15) is 11.8 Å². The summed E-state index contributed by atoms with van der Waals surface area (Å²) in [6.07, 6.45) is 3.73. The minimum Gasteiger partial charge on any atom is -0.497 e. The van der Waals surface area contributed by atoms with E-state index in [9.17, 15) is 14.4 Å². The molecule has 8 heteroatoms. The first-order chi connectivity index (χ1) is 17.4. The van der Waals surface area contributed by atoms with Gasteiger partial charge in [-0.2, -0.15) is 0 Å². The van der Waals surface area contributed by atoms with Crippen LogP contribution in [-0.2, 0) is 9.59 Å². The first-order valence-corrected chi connectivity index (χ1v) is 12.2. The SMILES string of the molecule is COc1ccc(N2C(=O)C3C(C2=O)C2c4ccccc4C=CN2C3C(=O)c2ccc(Cl)cc2Cl)cc1. The van der Waals surface area contributed by atoms with Gasteiger partial charge in [0.15, 0.2) is 5.78 Å². The number of ether oxygens (including phenoxy) is 1. The molecule has 4 unspecified atom stereocenters. The minimum atomic E-state index is -0.900. The number of halogens is 2. The molecule has 6 nitrogen and oxygen atoms in total. The Labute approximate surface area is 217 Å². The molecule has 3 heterocycles. The Kier molecular flexibility index (Phi) is 5.39. The van der Waals surface area contributed by atoms with Crippen molar-refractivity contribution in [3.05, 3.63) is 99.7 Å². The molecule has 2 amide bonds. The van der Waals surface area contributed by atoms with Gasteiger partial charge in [0.25, 0.3) is 0 Å². The molecule has 0 spiro atoms. The van der Waals surface area contributed by atoms with Crippen molar-refractivity contribution in [1.29, 1.82) is 0 Å². The summed E-state index contributed by atoms with van der Waals surface area (Å²) >= 11 is 12.5. The number of amides is 2. The van der Waals surface area contributed by atoms with Crippen LogP contribution in [0, 0.1) is 11.8 Å². The van der Waals surface area contributed by atoms with Gasteiger partial charge in [-0.3, -0.25) is 14.4 Å². The zero-order valence-corrected chi connectivity index (χ0v) is 20.6. The van der Waals surface area contributed by atoms with Crippen molar-refractivity contribution in [2.75, 3.05) is 12.0 Å². The highest BCUT2D eigenvalue weighted by Gasteiger charge is 2.64. The summed E-state index contributed by atoms with van der Waals surface area (Å²) in [5.41, 5.74) is 2.58. The molecule has 0 aliphatic carbocycles. The number of rotatable bonds is 4. The summed E-state index contributed by atoms with van der Waals surface area (Å²) in [5, 5.41) is 0.612. The molecule has 4 atom stereocenters. The third-order valence-corrected chi connectivity index (χ3v) is 7.81. The van der Waals surface area contributed by atoms with E-state index in [1.165, 1.54) is 11.0 Å². The van der Waals surface area contributed by atoms with Gasteiger partial charge in [0.05, 0.1) is 35.7 Å². The molecule has 0 saturated carbocycles. The smallest absolute Gasteiger partial charge is 0.240 e. The lowest BCUT2D eigenvalue weighted by molar-refractivity contribution is -0.123. The molecule has 2 saturated heterocycles. The molecule has 0 N–H and O–H groups in total. The molecule has 3 aliphatic heterocycles. The number of fused-ring (bicyclic) bond motifs is 5. The molecule has 180 valence electrons. The molecule has 0 bridgehead atoms. The van der Waals surface area contributed by atoms with Crippen LogP contribution in [0.5, 0.6) is 5.75 Å². The number of nitrogens with zero attached hydrogens (tertiary/aromatic N) is 2. The van der Waals surface area contributed by atoms with E-state index in [1.807, 2.05) is 41.4 Å². The maximum atomic E-state index is 14.0. The normalized spacial score (nSPS) is 24.0. The summed E-state index contributed by atoms with van der Waals surface area (Å²) < 4.78 is 5.22. The summed E-state index contributed by atoms with van der Waals surface area (Å²) in [6, 6.07) is 17.8. The minimum absolute atomic E-state index is 0.206. The molecular formula is C28H20Cl2N2O4. The maximum absolute atomic E-state index is 14.0. The Bertz CT molecular complexity index is 1450. The van der Waals surface area contributed by atoms with Crippen LogP contribution < -0.4 is 9.64 Å². The Morgan fingerprint density at radius 2 is 1.64 bits per heavy atom. The number of hydrogen-bond donors (Lipinski definition) is 0. The van der Waals surface area contributed by atoms with E-state index in [0.29, 0.717) is 16.5 Å². The Balaban J connectivity index is 1.49. The van der Waals surface area contributed by atoms with Crippen molar-refractivity contribution >= 4 is 52.6 Å². The lowest BCUT2D eigenvalue weighted by Crippen LogP contribution is -2.44. The molecule has 0 aromatic heterocycles. The molecule has 0 radical (unpaired) electrons. The van der Waals surface area contributed by atoms with Crippen LogP contribution in [-0.4, -0.2) is 35.6 Å². The van der Waals surface area contributed by atoms with Gasteiger partial charge in [0.2, 0.25) is 11.8 Å². The fraction of sp³-hybridized carbons (Fsp3) is 0.179. The van der Waals surface area contributed by atoms with Crippen molar-refractivity contribution in [1.82, 2.24) is 4.90 Å². The standard InChI is InChI=1S/C28H20Cl2N2O4/c1-36-18-9-7-17(8-10-18)32-27(34)22-23(28(32)35)25(26(33)20-11-6-16(29)14-21(20)30)31-13-12-15-4-2-3-5-19(15)24(22)31/h2-14,22-25H,1H3. The number of carbonyl (C=O) groups excluding carboxylic acids is 3. The fourth-order valence-corrected chi connectivity index (χ4v) is 6.19. The van der Waals surface area contributed by atoms with E-state index < -0.39 is 29.8 Å². The predicted octanol–water partition coefficient (Wildman–Crippen LogP) is 5.40. The summed E-state index contributed by atoms with van der Waals surface area (Å²) in [5.74, 6) is -2.05. The van der Waals surface area contributed by atoms with Gasteiger partial charge >= 0.3 is 0 Å². The van der Waals surface area contributed by atoms with Crippen LogP contribution in [0.15, 0.2) is 72.9 Å². The average Bonchev–Trinajstić information content (AvgIpc) is 3.36. The Morgan fingerprint density at radius 1 is 0.917 bits per heavy atom. The maximum Gasteiger partial charge on any atom is 0.240 e. The van der Waals surface area contributed by atoms with Crippen molar-refractivity contribution in [2.45, 2.75) is 12.1 Å². The van der Waals surface area contributed by atoms with Crippen molar-refractivity contribution in [3.63, 3.8) is 0 Å². The van der Waals surface area contributed by atoms with Crippen LogP contribution in [0.2, 0.25) is 10.0 Å². The number of methoxy groups -OCH3 is 1. The number of benzene rings is 3. The second kappa shape index (κ2) is 8.50. The number of Topliss-reactive ketones (excluding diaryl/α,β-unsaturated/α-hetero) is 1. The summed E-state index contributed by atoms with van der Waals surface area (Å²) in [7, 11) is 1.55. The van der Waals surface area contributed by atoms with E-state index >= 15 is 0 Å². The molecule has 36 heavy (non-hydrogen) atoms. The van der Waals surface area contributed by atoms with Crippen LogP contribution in [0.1, 0.15) is 27.5 Å². The van der Waals surface area contributed by atoms with Crippen LogP contribution in [0.4, 0.5) is 5.69 Å². The highest BCUT2D eigenvalue weighted by Crippen LogP contribution is 2.54. The number of anilines is 1. The average molecular weight is 519 g/mol. The van der Waals surface area contributed by atoms with E-state index in [0.717, 1.165) is 11.1 Å². The first kappa shape index (κ1) is 22.8. The van der Waals surface area contributed by atoms with Crippen molar-refractivity contribution in [3.8, 4) is 5.75 Å². The van der Waals surface area contributed by atoms with E-state index in [-0.39, 0.29) is 22.3 Å². The monoisotopic (exact) mass is 518 g/mol. The lowest BCUT2D eigenvalue weighted by atomic mass is 9.83. The molecule has 2 fully saturated rings. The van der Waals surface area contributed by atoms with Crippen LogP contribution in [0.3, 0.4) is 0 Å². The molecule has 3 aliphatic rings. The van der Waals surface area contributed by atoms with Gasteiger partial charge < -0.3 is 9.64 Å². The van der Waals surface area contributed by atoms with E-state index in [4.69, 9.17) is 27.9 Å². The first-order valence-electron chi connectivity index (χ1n) is 11.5.